The minimum Gasteiger partial charge on any atom is -0.207 e. The molecule has 41 valence electrons. The van der Waals surface area contributed by atoms with Gasteiger partial charge >= 0.3 is 0 Å². The monoisotopic (exact) mass is 173 g/mol. The van der Waals surface area contributed by atoms with Gasteiger partial charge in [0.1, 0.15) is 5.82 Å². The summed E-state index contributed by atoms with van der Waals surface area (Å²) in [5.41, 5.74) is 0. The van der Waals surface area contributed by atoms with E-state index in [4.69, 9.17) is 0 Å². The van der Waals surface area contributed by atoms with Gasteiger partial charge in [0.2, 0.25) is 0 Å². The Balaban J connectivity index is 3.08. The van der Waals surface area contributed by atoms with Crippen molar-refractivity contribution in [2.45, 2.75) is 0 Å². The second-order valence-electron chi connectivity index (χ2n) is 1.37. The van der Waals surface area contributed by atoms with Crippen LogP contribution in [0.3, 0.4) is 0 Å². The topological polar surface area (TPSA) is 0 Å². The molecule has 0 aliphatic carbocycles. The van der Waals surface area contributed by atoms with Crippen LogP contribution in [0.1, 0.15) is 0 Å². The zero-order chi connectivity index (χ0) is 5.98. The lowest BCUT2D eigenvalue weighted by atomic mass is 10.4. The molecule has 0 N–H and O–H groups in total. The fourth-order valence-corrected chi connectivity index (χ4v) is 0.767. The Kier molecular flexibility index (Phi) is 1.63. The highest BCUT2D eigenvalue weighted by Crippen LogP contribution is 2.08. The first kappa shape index (κ1) is 5.76. The third-order valence-corrected chi connectivity index (χ3v) is 1.18. The number of halogens is 2. The lowest BCUT2D eigenvalue weighted by Crippen LogP contribution is -1.69. The third kappa shape index (κ3) is 1.30. The number of hydrogen-bond acceptors (Lipinski definition) is 0. The van der Waals surface area contributed by atoms with Gasteiger partial charge in [-0.3, -0.25) is 0 Å². The van der Waals surface area contributed by atoms with Crippen molar-refractivity contribution in [3.05, 3.63) is 34.6 Å². The molecule has 0 saturated carbocycles. The Bertz CT molecular complexity index is 168. The lowest BCUT2D eigenvalue weighted by Gasteiger charge is -1.85. The summed E-state index contributed by atoms with van der Waals surface area (Å²) >= 11 is 3.09. The van der Waals surface area contributed by atoms with Crippen LogP contribution >= 0.6 is 15.9 Å². The van der Waals surface area contributed by atoms with Crippen LogP contribution in [0.5, 0.6) is 0 Å². The summed E-state index contributed by atoms with van der Waals surface area (Å²) in [4.78, 5) is 0. The molecule has 0 aromatic heterocycles. The minimum absolute atomic E-state index is 0.264. The van der Waals surface area contributed by atoms with Crippen LogP contribution in [-0.4, -0.2) is 0 Å². The molecule has 0 amide bonds. The zero-order valence-corrected chi connectivity index (χ0v) is 5.57. The minimum atomic E-state index is -0.264. The van der Waals surface area contributed by atoms with Gasteiger partial charge in [0.25, 0.3) is 0 Å². The molecule has 0 bridgehead atoms. The van der Waals surface area contributed by atoms with E-state index in [9.17, 15) is 4.39 Å². The van der Waals surface area contributed by atoms with E-state index in [1.807, 2.05) is 0 Å². The van der Waals surface area contributed by atoms with Crippen LogP contribution in [0.2, 0.25) is 0 Å². The molecule has 0 spiro atoms. The average molecular weight is 174 g/mol. The van der Waals surface area contributed by atoms with E-state index in [1.54, 1.807) is 6.07 Å². The molecule has 0 atom stereocenters. The largest absolute Gasteiger partial charge is 0.207 e. The van der Waals surface area contributed by atoms with Crippen molar-refractivity contribution in [2.24, 2.45) is 0 Å². The van der Waals surface area contributed by atoms with Crippen LogP contribution in [0, 0.1) is 11.9 Å². The molecule has 8 heavy (non-hydrogen) atoms. The Morgan fingerprint density at radius 1 is 1.50 bits per heavy atom. The normalized spacial score (nSPS) is 9.25. The van der Waals surface area contributed by atoms with Gasteiger partial charge < -0.3 is 0 Å². The molecule has 1 rings (SSSR count). The van der Waals surface area contributed by atoms with Gasteiger partial charge in [-0.05, 0) is 24.3 Å². The first-order chi connectivity index (χ1) is 3.79. The van der Waals surface area contributed by atoms with E-state index in [0.717, 1.165) is 4.47 Å². The summed E-state index contributed by atoms with van der Waals surface area (Å²) in [6.07, 6.45) is 0. The van der Waals surface area contributed by atoms with Crippen LogP contribution in [0.15, 0.2) is 22.7 Å². The molecule has 2 heteroatoms. The van der Waals surface area contributed by atoms with Gasteiger partial charge in [0.05, 0.1) is 0 Å². The number of rotatable bonds is 0. The summed E-state index contributed by atoms with van der Waals surface area (Å²) in [6.45, 7) is 0. The van der Waals surface area contributed by atoms with Crippen molar-refractivity contribution in [1.29, 1.82) is 0 Å². The van der Waals surface area contributed by atoms with Crippen molar-refractivity contribution in [2.75, 3.05) is 0 Å². The lowest BCUT2D eigenvalue weighted by molar-refractivity contribution is 0.626. The number of benzene rings is 1. The Labute approximate surface area is 55.5 Å². The maximum atomic E-state index is 12.1. The van der Waals surface area contributed by atoms with E-state index in [1.165, 1.54) is 12.1 Å². The van der Waals surface area contributed by atoms with Crippen molar-refractivity contribution in [3.63, 3.8) is 0 Å². The van der Waals surface area contributed by atoms with Crippen LogP contribution in [0.4, 0.5) is 4.39 Å². The van der Waals surface area contributed by atoms with Gasteiger partial charge in [-0.15, -0.1) is 0 Å². The Hall–Kier alpha value is -0.370. The van der Waals surface area contributed by atoms with E-state index in [0.29, 0.717) is 0 Å². The predicted molar refractivity (Wildman–Crippen MR) is 32.9 cm³/mol. The highest BCUT2D eigenvalue weighted by Gasteiger charge is 1.86. The summed E-state index contributed by atoms with van der Waals surface area (Å²) in [6, 6.07) is 6.93. The first-order valence-electron chi connectivity index (χ1n) is 2.11. The number of hydrogen-bond donors (Lipinski definition) is 0. The van der Waals surface area contributed by atoms with E-state index in [2.05, 4.69) is 22.0 Å². The van der Waals surface area contributed by atoms with Crippen LogP contribution < -0.4 is 0 Å². The third-order valence-electron chi connectivity index (χ3n) is 0.718. The molecule has 0 saturated heterocycles. The van der Waals surface area contributed by atoms with Crippen molar-refractivity contribution < 1.29 is 4.39 Å². The maximum absolute atomic E-state index is 12.1. The van der Waals surface area contributed by atoms with E-state index < -0.39 is 0 Å². The smallest absolute Gasteiger partial charge is 0.124 e. The van der Waals surface area contributed by atoms with Crippen LogP contribution in [-0.2, 0) is 0 Å². The Morgan fingerprint density at radius 2 is 2.25 bits per heavy atom. The quantitative estimate of drug-likeness (QED) is 0.566. The molecule has 0 unspecified atom stereocenters. The molecular formula is C6H3BrF. The molecule has 1 radical (unpaired) electrons. The molecule has 0 aliphatic rings. The van der Waals surface area contributed by atoms with Gasteiger partial charge in [0.15, 0.2) is 0 Å². The molecule has 1 aromatic rings. The molecule has 0 aliphatic heterocycles. The summed E-state index contributed by atoms with van der Waals surface area (Å²) in [5.74, 6) is -0.264. The second-order valence-corrected chi connectivity index (χ2v) is 2.29. The van der Waals surface area contributed by atoms with Crippen molar-refractivity contribution in [1.82, 2.24) is 0 Å². The Morgan fingerprint density at radius 3 is 2.62 bits per heavy atom. The van der Waals surface area contributed by atoms with E-state index in [-0.39, 0.29) is 5.82 Å². The fourth-order valence-electron chi connectivity index (χ4n) is 0.416. The zero-order valence-electron chi connectivity index (χ0n) is 3.99. The second kappa shape index (κ2) is 2.27. The highest BCUT2D eigenvalue weighted by atomic mass is 79.9. The molecule has 0 nitrogen and oxygen atoms in total. The van der Waals surface area contributed by atoms with Gasteiger partial charge in [0, 0.05) is 4.47 Å². The van der Waals surface area contributed by atoms with Gasteiger partial charge in [-0.1, -0.05) is 15.9 Å². The molecule has 1 aromatic carbocycles. The standard InChI is InChI=1S/C6H3BrF/c7-5-2-1-3-6(8)4-5/h2-4H. The molecule has 0 fully saturated rings. The van der Waals surface area contributed by atoms with Crippen molar-refractivity contribution >= 4 is 15.9 Å². The summed E-state index contributed by atoms with van der Waals surface area (Å²) in [7, 11) is 0. The fraction of sp³-hybridized carbons (Fsp3) is 0. The average Bonchev–Trinajstić information content (AvgIpc) is 1.64. The predicted octanol–water partition coefficient (Wildman–Crippen LogP) is 2.39. The highest BCUT2D eigenvalue weighted by molar-refractivity contribution is 9.10. The SMILES string of the molecule is Fc1c[c]cc(Br)c1. The first-order valence-corrected chi connectivity index (χ1v) is 2.90. The maximum Gasteiger partial charge on any atom is 0.124 e. The van der Waals surface area contributed by atoms with Gasteiger partial charge in [-0.2, -0.15) is 0 Å². The van der Waals surface area contributed by atoms with Crippen molar-refractivity contribution in [3.8, 4) is 0 Å². The van der Waals surface area contributed by atoms with Gasteiger partial charge in [-0.25, -0.2) is 4.39 Å². The summed E-state index contributed by atoms with van der Waals surface area (Å²) in [5, 5.41) is 0. The molecular weight excluding hydrogens is 171 g/mol. The summed E-state index contributed by atoms with van der Waals surface area (Å²) < 4.78 is 12.8. The molecule has 0 heterocycles. The van der Waals surface area contributed by atoms with Crippen LogP contribution in [0.25, 0.3) is 0 Å². The van der Waals surface area contributed by atoms with E-state index >= 15 is 0 Å².